The SMILES string of the molecule is Cn1c(CNCCC(=O)O)cc2cc(OCc3cc(C(F)(F)F)n(-c4ccccc4)n3)cnc21. The zero-order valence-corrected chi connectivity index (χ0v) is 18.2. The van der Waals surface area contributed by atoms with Crippen LogP contribution in [0.25, 0.3) is 16.7 Å². The number of carbonyl (C=O) groups is 1. The normalized spacial score (nSPS) is 11.8. The van der Waals surface area contributed by atoms with Gasteiger partial charge in [0.05, 0.1) is 18.3 Å². The largest absolute Gasteiger partial charge is 0.486 e. The van der Waals surface area contributed by atoms with Crippen LogP contribution in [0.3, 0.4) is 0 Å². The van der Waals surface area contributed by atoms with Gasteiger partial charge < -0.3 is 19.7 Å². The Hall–Kier alpha value is -3.86. The lowest BCUT2D eigenvalue weighted by molar-refractivity contribution is -0.143. The number of aliphatic carboxylic acids is 1. The van der Waals surface area contributed by atoms with E-state index < -0.39 is 17.8 Å². The molecule has 0 bridgehead atoms. The predicted octanol–water partition coefficient (Wildman–Crippen LogP) is 3.92. The zero-order valence-electron chi connectivity index (χ0n) is 18.2. The first-order valence-corrected chi connectivity index (χ1v) is 10.4. The maximum absolute atomic E-state index is 13.5. The van der Waals surface area contributed by atoms with Crippen LogP contribution in [0.5, 0.6) is 5.75 Å². The smallest absolute Gasteiger partial charge is 0.433 e. The van der Waals surface area contributed by atoms with Crippen LogP contribution in [-0.2, 0) is 31.2 Å². The van der Waals surface area contributed by atoms with Crippen molar-refractivity contribution in [2.75, 3.05) is 6.54 Å². The minimum atomic E-state index is -4.57. The number of benzene rings is 1. The van der Waals surface area contributed by atoms with Crippen molar-refractivity contribution in [3.8, 4) is 11.4 Å². The molecule has 3 aromatic heterocycles. The van der Waals surface area contributed by atoms with Crippen molar-refractivity contribution in [2.45, 2.75) is 25.7 Å². The Labute approximate surface area is 192 Å². The van der Waals surface area contributed by atoms with Crippen molar-refractivity contribution in [1.29, 1.82) is 0 Å². The van der Waals surface area contributed by atoms with Crippen molar-refractivity contribution in [2.24, 2.45) is 7.05 Å². The first-order valence-electron chi connectivity index (χ1n) is 10.4. The Bertz CT molecular complexity index is 1300. The number of halogens is 3. The Kier molecular flexibility index (Phi) is 6.55. The molecule has 34 heavy (non-hydrogen) atoms. The second-order valence-electron chi connectivity index (χ2n) is 7.65. The van der Waals surface area contributed by atoms with Gasteiger partial charge >= 0.3 is 12.1 Å². The number of carboxylic acids is 1. The van der Waals surface area contributed by atoms with E-state index in [1.807, 2.05) is 17.7 Å². The third-order valence-electron chi connectivity index (χ3n) is 5.20. The quantitative estimate of drug-likeness (QED) is 0.358. The summed E-state index contributed by atoms with van der Waals surface area (Å²) < 4.78 is 49.0. The number of aromatic nitrogens is 4. The molecule has 2 N–H and O–H groups in total. The van der Waals surface area contributed by atoms with Gasteiger partial charge in [0, 0.05) is 31.2 Å². The van der Waals surface area contributed by atoms with E-state index in [-0.39, 0.29) is 18.7 Å². The van der Waals surface area contributed by atoms with Gasteiger partial charge in [-0.2, -0.15) is 18.3 Å². The highest BCUT2D eigenvalue weighted by Gasteiger charge is 2.36. The van der Waals surface area contributed by atoms with Crippen LogP contribution in [0.1, 0.15) is 23.5 Å². The Morgan fingerprint density at radius 2 is 1.94 bits per heavy atom. The number of aryl methyl sites for hydroxylation is 1. The maximum atomic E-state index is 13.5. The summed E-state index contributed by atoms with van der Waals surface area (Å²) in [7, 11) is 1.85. The van der Waals surface area contributed by atoms with Gasteiger partial charge in [0.15, 0.2) is 0 Å². The van der Waals surface area contributed by atoms with Gasteiger partial charge in [-0.05, 0) is 30.3 Å². The number of rotatable bonds is 9. The molecule has 0 aliphatic carbocycles. The summed E-state index contributed by atoms with van der Waals surface area (Å²) >= 11 is 0. The van der Waals surface area contributed by atoms with Crippen LogP contribution in [0.4, 0.5) is 13.2 Å². The monoisotopic (exact) mass is 473 g/mol. The number of hydrogen-bond donors (Lipinski definition) is 2. The molecule has 1 aromatic carbocycles. The molecule has 0 amide bonds. The minimum Gasteiger partial charge on any atom is -0.486 e. The summed E-state index contributed by atoms with van der Waals surface area (Å²) in [6.45, 7) is 0.647. The summed E-state index contributed by atoms with van der Waals surface area (Å²) in [4.78, 5) is 15.0. The molecule has 0 fully saturated rings. The molecular formula is C23H22F3N5O3. The van der Waals surface area contributed by atoms with Crippen LogP contribution < -0.4 is 10.1 Å². The number of carboxylic acid groups (broad SMARTS) is 1. The summed E-state index contributed by atoms with van der Waals surface area (Å²) in [6, 6.07) is 12.7. The van der Waals surface area contributed by atoms with Crippen molar-refractivity contribution in [3.63, 3.8) is 0 Å². The van der Waals surface area contributed by atoms with Crippen LogP contribution in [0.2, 0.25) is 0 Å². The first kappa shape index (κ1) is 23.3. The third-order valence-corrected chi connectivity index (χ3v) is 5.20. The predicted molar refractivity (Wildman–Crippen MR) is 118 cm³/mol. The van der Waals surface area contributed by atoms with Crippen molar-refractivity contribution < 1.29 is 27.8 Å². The van der Waals surface area contributed by atoms with E-state index >= 15 is 0 Å². The number of ether oxygens (including phenoxy) is 1. The molecule has 8 nitrogen and oxygen atoms in total. The first-order chi connectivity index (χ1) is 16.2. The van der Waals surface area contributed by atoms with Crippen molar-refractivity contribution >= 4 is 17.0 Å². The molecule has 0 aliphatic rings. The minimum absolute atomic E-state index is 0.0241. The summed E-state index contributed by atoms with van der Waals surface area (Å²) in [5.41, 5.74) is 1.16. The molecule has 178 valence electrons. The van der Waals surface area contributed by atoms with E-state index in [4.69, 9.17) is 9.84 Å². The second-order valence-corrected chi connectivity index (χ2v) is 7.65. The number of fused-ring (bicyclic) bond motifs is 1. The average molecular weight is 473 g/mol. The highest BCUT2D eigenvalue weighted by Crippen LogP contribution is 2.32. The number of pyridine rings is 1. The fraction of sp³-hybridized carbons (Fsp3) is 0.261. The van der Waals surface area contributed by atoms with Crippen molar-refractivity contribution in [3.05, 3.63) is 71.8 Å². The van der Waals surface area contributed by atoms with E-state index in [9.17, 15) is 18.0 Å². The standard InChI is InChI=1S/C23H22F3N5O3/c1-30-18(12-27-8-7-21(32)33)9-15-10-19(13-28-22(15)30)34-14-16-11-20(23(24,25)26)31(29-16)17-5-3-2-4-6-17/h2-6,9-11,13,27H,7-8,12,14H2,1H3,(H,32,33). The van der Waals surface area contributed by atoms with Crippen LogP contribution in [-0.4, -0.2) is 37.0 Å². The lowest BCUT2D eigenvalue weighted by Crippen LogP contribution is -2.19. The van der Waals surface area contributed by atoms with E-state index in [2.05, 4.69) is 15.4 Å². The highest BCUT2D eigenvalue weighted by atomic mass is 19.4. The molecule has 0 atom stereocenters. The molecule has 11 heteroatoms. The van der Waals surface area contributed by atoms with Gasteiger partial charge in [-0.1, -0.05) is 18.2 Å². The summed E-state index contributed by atoms with van der Waals surface area (Å²) in [5, 5.41) is 16.7. The Morgan fingerprint density at radius 3 is 2.65 bits per heavy atom. The molecular weight excluding hydrogens is 451 g/mol. The molecule has 0 saturated carbocycles. The fourth-order valence-corrected chi connectivity index (χ4v) is 3.54. The lowest BCUT2D eigenvalue weighted by atomic mass is 10.3. The number of nitrogens with zero attached hydrogens (tertiary/aromatic N) is 4. The Morgan fingerprint density at radius 1 is 1.18 bits per heavy atom. The number of alkyl halides is 3. The van der Waals surface area contributed by atoms with Gasteiger partial charge in [-0.25, -0.2) is 9.67 Å². The molecule has 0 spiro atoms. The van der Waals surface area contributed by atoms with Crippen molar-refractivity contribution in [1.82, 2.24) is 24.6 Å². The molecule has 4 rings (SSSR count). The number of para-hydroxylation sites is 1. The van der Waals surface area contributed by atoms with Crippen LogP contribution in [0.15, 0.2) is 54.7 Å². The average Bonchev–Trinajstić information content (AvgIpc) is 3.37. The van der Waals surface area contributed by atoms with Gasteiger partial charge in [0.25, 0.3) is 0 Å². The zero-order chi connectivity index (χ0) is 24.3. The van der Waals surface area contributed by atoms with E-state index in [1.54, 1.807) is 36.4 Å². The molecule has 0 unspecified atom stereocenters. The van der Waals surface area contributed by atoms with Gasteiger partial charge in [0.1, 0.15) is 29.4 Å². The molecule has 0 saturated heterocycles. The summed E-state index contributed by atoms with van der Waals surface area (Å²) in [6.07, 6.45) is -3.04. The molecule has 3 heterocycles. The van der Waals surface area contributed by atoms with E-state index in [1.165, 1.54) is 6.20 Å². The Balaban J connectivity index is 1.49. The topological polar surface area (TPSA) is 94.2 Å². The number of nitrogens with one attached hydrogen (secondary N) is 1. The second kappa shape index (κ2) is 9.56. The summed E-state index contributed by atoms with van der Waals surface area (Å²) in [5.74, 6) is -0.477. The lowest BCUT2D eigenvalue weighted by Gasteiger charge is -2.09. The molecule has 0 radical (unpaired) electrons. The van der Waals surface area contributed by atoms with E-state index in [0.717, 1.165) is 21.8 Å². The van der Waals surface area contributed by atoms with Gasteiger partial charge in [0.2, 0.25) is 0 Å². The third kappa shape index (κ3) is 5.20. The van der Waals surface area contributed by atoms with Crippen LogP contribution >= 0.6 is 0 Å². The van der Waals surface area contributed by atoms with Crippen LogP contribution in [0, 0.1) is 0 Å². The maximum Gasteiger partial charge on any atom is 0.433 e. The molecule has 0 aliphatic heterocycles. The molecule has 4 aromatic rings. The highest BCUT2D eigenvalue weighted by molar-refractivity contribution is 5.78. The van der Waals surface area contributed by atoms with Gasteiger partial charge in [-0.15, -0.1) is 0 Å². The van der Waals surface area contributed by atoms with Gasteiger partial charge in [-0.3, -0.25) is 4.79 Å². The van der Waals surface area contributed by atoms with E-state index in [0.29, 0.717) is 30.2 Å². The number of hydrogen-bond acceptors (Lipinski definition) is 5. The fourth-order valence-electron chi connectivity index (χ4n) is 3.54.